The first-order valence-electron chi connectivity index (χ1n) is 8.95. The van der Waals surface area contributed by atoms with E-state index in [1.165, 1.54) is 30.7 Å². The van der Waals surface area contributed by atoms with Crippen molar-refractivity contribution in [2.45, 2.75) is 19.9 Å². The fraction of sp³-hybridized carbons (Fsp3) is 0.368. The number of methoxy groups -OCH3 is 1. The van der Waals surface area contributed by atoms with Gasteiger partial charge in [-0.2, -0.15) is 0 Å². The predicted octanol–water partition coefficient (Wildman–Crippen LogP) is 3.29. The number of esters is 1. The van der Waals surface area contributed by atoms with Crippen LogP contribution in [0, 0.1) is 10.1 Å². The van der Waals surface area contributed by atoms with Crippen LogP contribution in [0.3, 0.4) is 0 Å². The first-order chi connectivity index (χ1) is 13.8. The van der Waals surface area contributed by atoms with Gasteiger partial charge in [-0.25, -0.2) is 9.79 Å². The fourth-order valence-electron chi connectivity index (χ4n) is 3.12. The van der Waals surface area contributed by atoms with Crippen molar-refractivity contribution in [3.05, 3.63) is 43.8 Å². The van der Waals surface area contributed by atoms with E-state index >= 15 is 0 Å². The van der Waals surface area contributed by atoms with Gasteiger partial charge in [-0.15, -0.1) is 11.3 Å². The summed E-state index contributed by atoms with van der Waals surface area (Å²) in [6, 6.07) is 2.34. The average Bonchev–Trinajstić information content (AvgIpc) is 3.04. The summed E-state index contributed by atoms with van der Waals surface area (Å²) in [6.45, 7) is 3.51. The molecule has 0 atom stereocenters. The van der Waals surface area contributed by atoms with Crippen molar-refractivity contribution < 1.29 is 24.3 Å². The third-order valence-electron chi connectivity index (χ3n) is 4.55. The number of non-ortho nitro benzene ring substituents is 1. The number of phenols is 1. The van der Waals surface area contributed by atoms with Crippen LogP contribution >= 0.6 is 11.3 Å². The molecule has 1 aliphatic heterocycles. The molecule has 1 aliphatic rings. The SMILES string of the molecule is CCOC(=O)c1c(/N=C/c2cc([N+](=O)[O-])cc(OC)c2O)sc2c1CCN(C)C2. The minimum Gasteiger partial charge on any atom is -0.504 e. The van der Waals surface area contributed by atoms with E-state index in [2.05, 4.69) is 9.89 Å². The van der Waals surface area contributed by atoms with Crippen LogP contribution in [0.5, 0.6) is 11.5 Å². The van der Waals surface area contributed by atoms with Gasteiger partial charge in [0.15, 0.2) is 11.5 Å². The number of carbonyl (C=O) groups is 1. The van der Waals surface area contributed by atoms with E-state index in [1.54, 1.807) is 6.92 Å². The highest BCUT2D eigenvalue weighted by molar-refractivity contribution is 7.16. The number of hydrogen-bond donors (Lipinski definition) is 1. The molecule has 0 radical (unpaired) electrons. The third kappa shape index (κ3) is 4.22. The van der Waals surface area contributed by atoms with E-state index in [1.807, 2.05) is 7.05 Å². The highest BCUT2D eigenvalue weighted by Gasteiger charge is 2.27. The van der Waals surface area contributed by atoms with Gasteiger partial charge in [-0.1, -0.05) is 0 Å². The zero-order valence-corrected chi connectivity index (χ0v) is 17.1. The molecule has 2 aromatic rings. The molecule has 0 saturated heterocycles. The molecule has 1 N–H and O–H groups in total. The molecule has 154 valence electrons. The second-order valence-electron chi connectivity index (χ2n) is 6.49. The van der Waals surface area contributed by atoms with Crippen molar-refractivity contribution in [2.24, 2.45) is 4.99 Å². The molecule has 0 aliphatic carbocycles. The number of aromatic hydroxyl groups is 1. The van der Waals surface area contributed by atoms with Crippen molar-refractivity contribution in [1.29, 1.82) is 0 Å². The number of benzene rings is 1. The number of nitro groups is 1. The van der Waals surface area contributed by atoms with E-state index in [0.717, 1.165) is 23.1 Å². The summed E-state index contributed by atoms with van der Waals surface area (Å²) < 4.78 is 10.2. The Hall–Kier alpha value is -2.98. The summed E-state index contributed by atoms with van der Waals surface area (Å²) in [5.74, 6) is -0.735. The number of phenolic OH excluding ortho intramolecular Hbond substituents is 1. The Labute approximate surface area is 171 Å². The first-order valence-corrected chi connectivity index (χ1v) is 9.77. The molecule has 0 amide bonds. The Bertz CT molecular complexity index is 985. The molecule has 1 aromatic heterocycles. The van der Waals surface area contributed by atoms with Crippen LogP contribution < -0.4 is 4.74 Å². The standard InChI is InChI=1S/C19H21N3O6S/c1-4-28-19(24)16-13-5-6-21(2)10-15(13)29-18(16)20-9-11-7-12(22(25)26)8-14(27-3)17(11)23/h7-9,23H,4-6,10H2,1-3H3/b20-9+. The Balaban J connectivity index is 2.06. The summed E-state index contributed by atoms with van der Waals surface area (Å²) >= 11 is 1.38. The topological polar surface area (TPSA) is 114 Å². The maximum absolute atomic E-state index is 12.5. The molecule has 0 spiro atoms. The molecule has 29 heavy (non-hydrogen) atoms. The molecule has 0 saturated carbocycles. The number of rotatable bonds is 6. The number of thiophene rings is 1. The zero-order valence-electron chi connectivity index (χ0n) is 16.3. The van der Waals surface area contributed by atoms with Gasteiger partial charge < -0.3 is 19.5 Å². The van der Waals surface area contributed by atoms with Crippen LogP contribution in [0.15, 0.2) is 17.1 Å². The van der Waals surface area contributed by atoms with E-state index in [0.29, 0.717) is 23.5 Å². The number of carbonyl (C=O) groups excluding carboxylic acids is 1. The second kappa shape index (κ2) is 8.58. The normalized spacial score (nSPS) is 14.0. The maximum Gasteiger partial charge on any atom is 0.341 e. The van der Waals surface area contributed by atoms with Crippen LogP contribution in [-0.2, 0) is 17.7 Å². The summed E-state index contributed by atoms with van der Waals surface area (Å²) in [5.41, 5.74) is 1.24. The van der Waals surface area contributed by atoms with Gasteiger partial charge in [0, 0.05) is 35.8 Å². The predicted molar refractivity (Wildman–Crippen MR) is 109 cm³/mol. The minimum atomic E-state index is -0.580. The lowest BCUT2D eigenvalue weighted by atomic mass is 10.0. The van der Waals surface area contributed by atoms with Gasteiger partial charge in [-0.3, -0.25) is 10.1 Å². The number of ether oxygens (including phenoxy) is 2. The highest BCUT2D eigenvalue weighted by atomic mass is 32.1. The monoisotopic (exact) mass is 419 g/mol. The summed E-state index contributed by atoms with van der Waals surface area (Å²) in [4.78, 5) is 30.7. The van der Waals surface area contributed by atoms with Gasteiger partial charge in [0.25, 0.3) is 5.69 Å². The number of fused-ring (bicyclic) bond motifs is 1. The number of aliphatic imine (C=N–C) groups is 1. The first kappa shape index (κ1) is 20.7. The maximum atomic E-state index is 12.5. The molecule has 0 fully saturated rings. The van der Waals surface area contributed by atoms with Crippen LogP contribution in [0.4, 0.5) is 10.7 Å². The van der Waals surface area contributed by atoms with Gasteiger partial charge in [0.05, 0.1) is 30.3 Å². The van der Waals surface area contributed by atoms with Crippen molar-refractivity contribution >= 4 is 34.2 Å². The Morgan fingerprint density at radius 3 is 2.90 bits per heavy atom. The largest absolute Gasteiger partial charge is 0.504 e. The molecule has 9 nitrogen and oxygen atoms in total. The lowest BCUT2D eigenvalue weighted by Gasteiger charge is -2.22. The molecule has 1 aromatic carbocycles. The summed E-state index contributed by atoms with van der Waals surface area (Å²) in [5, 5.41) is 21.9. The number of nitro benzene ring substituents is 1. The van der Waals surface area contributed by atoms with E-state index in [-0.39, 0.29) is 29.4 Å². The van der Waals surface area contributed by atoms with Crippen molar-refractivity contribution in [2.75, 3.05) is 27.3 Å². The van der Waals surface area contributed by atoms with E-state index < -0.39 is 10.9 Å². The quantitative estimate of drug-likeness (QED) is 0.331. The van der Waals surface area contributed by atoms with Gasteiger partial charge in [0.2, 0.25) is 0 Å². The van der Waals surface area contributed by atoms with Gasteiger partial charge in [0.1, 0.15) is 5.00 Å². The minimum absolute atomic E-state index is 0.0293. The zero-order chi connectivity index (χ0) is 21.1. The molecular weight excluding hydrogens is 398 g/mol. The van der Waals surface area contributed by atoms with Crippen LogP contribution in [0.1, 0.15) is 33.3 Å². The lowest BCUT2D eigenvalue weighted by Crippen LogP contribution is -2.26. The molecule has 0 unspecified atom stereocenters. The van der Waals surface area contributed by atoms with Crippen molar-refractivity contribution in [3.8, 4) is 11.5 Å². The van der Waals surface area contributed by atoms with Crippen LogP contribution in [-0.4, -0.2) is 54.4 Å². The van der Waals surface area contributed by atoms with E-state index in [9.17, 15) is 20.0 Å². The smallest absolute Gasteiger partial charge is 0.341 e. The molecule has 2 heterocycles. The summed E-state index contributed by atoms with van der Waals surface area (Å²) in [7, 11) is 3.31. The molecular formula is C19H21N3O6S. The van der Waals surface area contributed by atoms with Crippen molar-refractivity contribution in [3.63, 3.8) is 0 Å². The van der Waals surface area contributed by atoms with Gasteiger partial charge in [-0.05, 0) is 26.0 Å². The Kier molecular flexibility index (Phi) is 6.14. The highest BCUT2D eigenvalue weighted by Crippen LogP contribution is 2.40. The lowest BCUT2D eigenvalue weighted by molar-refractivity contribution is -0.385. The summed E-state index contributed by atoms with van der Waals surface area (Å²) in [6.07, 6.45) is 2.01. The average molecular weight is 419 g/mol. The Morgan fingerprint density at radius 2 is 2.24 bits per heavy atom. The fourth-order valence-corrected chi connectivity index (χ4v) is 4.38. The third-order valence-corrected chi connectivity index (χ3v) is 5.67. The van der Waals surface area contributed by atoms with Crippen molar-refractivity contribution in [1.82, 2.24) is 4.90 Å². The van der Waals surface area contributed by atoms with Crippen LogP contribution in [0.2, 0.25) is 0 Å². The number of nitrogens with zero attached hydrogens (tertiary/aromatic N) is 3. The number of hydrogen-bond acceptors (Lipinski definition) is 9. The molecule has 10 heteroatoms. The number of likely N-dealkylation sites (N-methyl/N-ethyl adjacent to an activating group) is 1. The van der Waals surface area contributed by atoms with Crippen LogP contribution in [0.25, 0.3) is 0 Å². The van der Waals surface area contributed by atoms with E-state index in [4.69, 9.17) is 9.47 Å². The van der Waals surface area contributed by atoms with Gasteiger partial charge >= 0.3 is 5.97 Å². The molecule has 0 bridgehead atoms. The Morgan fingerprint density at radius 1 is 1.48 bits per heavy atom. The second-order valence-corrected chi connectivity index (χ2v) is 7.58. The molecule has 3 rings (SSSR count).